The Morgan fingerprint density at radius 2 is 2.11 bits per heavy atom. The summed E-state index contributed by atoms with van der Waals surface area (Å²) in [4.78, 5) is 9.92. The highest BCUT2D eigenvalue weighted by molar-refractivity contribution is 6.35. The standard InChI is InChI=1S/C4H7NO4/c6-2-1-3(5-9)4(7)8/h6,9H,1-2H2,(H,7,8)/b5-3-. The molecule has 0 aromatic heterocycles. The third-order valence-electron chi connectivity index (χ3n) is 0.716. The van der Waals surface area contributed by atoms with Crippen molar-refractivity contribution in [2.24, 2.45) is 5.16 Å². The average Bonchev–Trinajstić information content (AvgIpc) is 1.82. The van der Waals surface area contributed by atoms with E-state index in [4.69, 9.17) is 15.4 Å². The van der Waals surface area contributed by atoms with E-state index in [-0.39, 0.29) is 13.0 Å². The van der Waals surface area contributed by atoms with Crippen molar-refractivity contribution in [3.05, 3.63) is 0 Å². The van der Waals surface area contributed by atoms with Crippen LogP contribution in [0.1, 0.15) is 6.42 Å². The first kappa shape index (κ1) is 7.90. The molecule has 0 atom stereocenters. The molecule has 0 aliphatic rings. The number of nitrogens with zero attached hydrogens (tertiary/aromatic N) is 1. The molecule has 0 saturated heterocycles. The zero-order valence-electron chi connectivity index (χ0n) is 4.61. The second kappa shape index (κ2) is 3.85. The van der Waals surface area contributed by atoms with Gasteiger partial charge in [-0.1, -0.05) is 5.16 Å². The first-order valence-electron chi connectivity index (χ1n) is 2.27. The molecule has 0 amide bonds. The topological polar surface area (TPSA) is 90.1 Å². The maximum absolute atomic E-state index is 9.92. The maximum atomic E-state index is 9.92. The van der Waals surface area contributed by atoms with Crippen LogP contribution in [-0.2, 0) is 4.79 Å². The number of hydrogen-bond acceptors (Lipinski definition) is 4. The fraction of sp³-hybridized carbons (Fsp3) is 0.500. The van der Waals surface area contributed by atoms with E-state index in [9.17, 15) is 4.79 Å². The van der Waals surface area contributed by atoms with Crippen LogP contribution in [0, 0.1) is 0 Å². The zero-order chi connectivity index (χ0) is 7.28. The minimum absolute atomic E-state index is 0.133. The predicted octanol–water partition coefficient (Wildman–Crippen LogP) is -0.716. The molecule has 9 heavy (non-hydrogen) atoms. The van der Waals surface area contributed by atoms with Crippen LogP contribution in [0.15, 0.2) is 5.16 Å². The Kier molecular flexibility index (Phi) is 3.38. The summed E-state index contributed by atoms with van der Waals surface area (Å²) in [6.45, 7) is -0.328. The fourth-order valence-electron chi connectivity index (χ4n) is 0.306. The minimum atomic E-state index is -1.31. The van der Waals surface area contributed by atoms with E-state index in [1.54, 1.807) is 0 Å². The van der Waals surface area contributed by atoms with Gasteiger partial charge in [-0.2, -0.15) is 0 Å². The lowest BCUT2D eigenvalue weighted by atomic mass is 10.3. The molecule has 0 saturated carbocycles. The molecule has 0 rings (SSSR count). The number of carbonyl (C=O) groups is 1. The molecule has 0 unspecified atom stereocenters. The number of aliphatic carboxylic acids is 1. The molecule has 0 aliphatic carbocycles. The van der Waals surface area contributed by atoms with E-state index in [1.807, 2.05) is 0 Å². The smallest absolute Gasteiger partial charge is 0.353 e. The summed E-state index contributed by atoms with van der Waals surface area (Å²) in [5, 5.41) is 26.6. The highest BCUT2D eigenvalue weighted by Crippen LogP contribution is 1.83. The Morgan fingerprint density at radius 1 is 1.56 bits per heavy atom. The van der Waals surface area contributed by atoms with Gasteiger partial charge in [0, 0.05) is 13.0 Å². The van der Waals surface area contributed by atoms with E-state index >= 15 is 0 Å². The third kappa shape index (κ3) is 2.65. The molecule has 0 radical (unpaired) electrons. The van der Waals surface area contributed by atoms with Crippen LogP contribution in [0.4, 0.5) is 0 Å². The lowest BCUT2D eigenvalue weighted by molar-refractivity contribution is -0.129. The van der Waals surface area contributed by atoms with Gasteiger partial charge in [0.15, 0.2) is 5.71 Å². The Balaban J connectivity index is 3.85. The molecular formula is C4H7NO4. The molecule has 0 aromatic rings. The van der Waals surface area contributed by atoms with Gasteiger partial charge in [0.2, 0.25) is 0 Å². The number of carboxylic acid groups (broad SMARTS) is 1. The van der Waals surface area contributed by atoms with Gasteiger partial charge in [0.05, 0.1) is 0 Å². The minimum Gasteiger partial charge on any atom is -0.477 e. The fourth-order valence-corrected chi connectivity index (χ4v) is 0.306. The van der Waals surface area contributed by atoms with E-state index in [0.717, 1.165) is 0 Å². The normalized spacial score (nSPS) is 11.4. The predicted molar refractivity (Wildman–Crippen MR) is 28.6 cm³/mol. The quantitative estimate of drug-likeness (QED) is 0.269. The van der Waals surface area contributed by atoms with Crippen LogP contribution in [0.25, 0.3) is 0 Å². The van der Waals surface area contributed by atoms with Gasteiger partial charge in [-0.25, -0.2) is 4.79 Å². The Bertz CT molecular complexity index is 131. The van der Waals surface area contributed by atoms with Crippen molar-refractivity contribution in [1.29, 1.82) is 0 Å². The molecule has 0 spiro atoms. The first-order chi connectivity index (χ1) is 4.22. The molecule has 5 nitrogen and oxygen atoms in total. The van der Waals surface area contributed by atoms with Gasteiger partial charge in [-0.15, -0.1) is 0 Å². The summed E-state index contributed by atoms with van der Waals surface area (Å²) in [6, 6.07) is 0. The van der Waals surface area contributed by atoms with Gasteiger partial charge in [-0.05, 0) is 0 Å². The van der Waals surface area contributed by atoms with E-state index in [2.05, 4.69) is 5.16 Å². The number of hydrogen-bond donors (Lipinski definition) is 3. The molecule has 0 fully saturated rings. The molecule has 0 heterocycles. The van der Waals surface area contributed by atoms with Crippen LogP contribution in [0.3, 0.4) is 0 Å². The Morgan fingerprint density at radius 3 is 2.22 bits per heavy atom. The van der Waals surface area contributed by atoms with Crippen LogP contribution < -0.4 is 0 Å². The van der Waals surface area contributed by atoms with Gasteiger partial charge >= 0.3 is 5.97 Å². The lowest BCUT2D eigenvalue weighted by Gasteiger charge is -1.91. The summed E-state index contributed by atoms with van der Waals surface area (Å²) in [5.74, 6) is -1.31. The van der Waals surface area contributed by atoms with Crippen LogP contribution in [-0.4, -0.2) is 33.7 Å². The van der Waals surface area contributed by atoms with Crippen LogP contribution in [0.5, 0.6) is 0 Å². The number of aliphatic hydroxyl groups is 1. The van der Waals surface area contributed by atoms with Crippen molar-refractivity contribution < 1.29 is 20.2 Å². The summed E-state index contributed by atoms with van der Waals surface area (Å²) >= 11 is 0. The maximum Gasteiger partial charge on any atom is 0.353 e. The molecule has 0 bridgehead atoms. The van der Waals surface area contributed by atoms with Crippen molar-refractivity contribution in [3.63, 3.8) is 0 Å². The van der Waals surface area contributed by atoms with Gasteiger partial charge in [0.25, 0.3) is 0 Å². The number of carboxylic acids is 1. The highest BCUT2D eigenvalue weighted by atomic mass is 16.4. The highest BCUT2D eigenvalue weighted by Gasteiger charge is 2.07. The Labute approximate surface area is 51.2 Å². The second-order valence-electron chi connectivity index (χ2n) is 1.33. The van der Waals surface area contributed by atoms with E-state index in [1.165, 1.54) is 0 Å². The van der Waals surface area contributed by atoms with Crippen molar-refractivity contribution in [3.8, 4) is 0 Å². The van der Waals surface area contributed by atoms with Crippen molar-refractivity contribution in [2.75, 3.05) is 6.61 Å². The zero-order valence-corrected chi connectivity index (χ0v) is 4.61. The molecule has 0 aromatic carbocycles. The van der Waals surface area contributed by atoms with Crippen LogP contribution >= 0.6 is 0 Å². The molecule has 3 N–H and O–H groups in total. The summed E-state index contributed by atoms with van der Waals surface area (Å²) in [7, 11) is 0. The average molecular weight is 133 g/mol. The number of rotatable bonds is 3. The van der Waals surface area contributed by atoms with Crippen molar-refractivity contribution >= 4 is 11.7 Å². The lowest BCUT2D eigenvalue weighted by Crippen LogP contribution is -2.14. The van der Waals surface area contributed by atoms with Gasteiger partial charge < -0.3 is 15.4 Å². The van der Waals surface area contributed by atoms with Gasteiger partial charge in [-0.3, -0.25) is 0 Å². The summed E-state index contributed by atoms with van der Waals surface area (Å²) < 4.78 is 0. The number of aliphatic hydroxyl groups excluding tert-OH is 1. The molecule has 5 heteroatoms. The Hall–Kier alpha value is -1.10. The van der Waals surface area contributed by atoms with Crippen molar-refractivity contribution in [1.82, 2.24) is 0 Å². The second-order valence-corrected chi connectivity index (χ2v) is 1.33. The van der Waals surface area contributed by atoms with E-state index < -0.39 is 11.7 Å². The molecule has 0 aliphatic heterocycles. The van der Waals surface area contributed by atoms with E-state index in [0.29, 0.717) is 0 Å². The largest absolute Gasteiger partial charge is 0.477 e. The SMILES string of the molecule is O=C(O)/C(CCO)=N\O. The summed E-state index contributed by atoms with van der Waals surface area (Å²) in [6.07, 6.45) is -0.133. The number of oxime groups is 1. The summed E-state index contributed by atoms with van der Waals surface area (Å²) in [5.41, 5.74) is -0.433. The van der Waals surface area contributed by atoms with Crippen LogP contribution in [0.2, 0.25) is 0 Å². The monoisotopic (exact) mass is 133 g/mol. The molecule has 52 valence electrons. The van der Waals surface area contributed by atoms with Crippen molar-refractivity contribution in [2.45, 2.75) is 6.42 Å². The third-order valence-corrected chi connectivity index (χ3v) is 0.716. The molecular weight excluding hydrogens is 126 g/mol. The van der Waals surface area contributed by atoms with Gasteiger partial charge in [0.1, 0.15) is 0 Å². The first-order valence-corrected chi connectivity index (χ1v) is 2.27.